The second kappa shape index (κ2) is 7.94. The number of aliphatic hydroxyl groups excluding tert-OH is 1. The molecule has 1 aromatic rings. The molecular weight excluding hydrogens is 356 g/mol. The average Bonchev–Trinajstić information content (AvgIpc) is 2.66. The number of carbonyl (C=O) groups excluding carboxylic acids is 1. The van der Waals surface area contributed by atoms with E-state index in [0.717, 1.165) is 6.42 Å². The van der Waals surface area contributed by atoms with E-state index in [9.17, 15) is 18.3 Å². The number of ether oxygens (including phenoxy) is 1. The summed E-state index contributed by atoms with van der Waals surface area (Å²) in [5.41, 5.74) is 0.602. The summed E-state index contributed by atoms with van der Waals surface area (Å²) in [7, 11) is -3.31. The van der Waals surface area contributed by atoms with E-state index in [1.165, 1.54) is 4.31 Å². The number of anilines is 1. The van der Waals surface area contributed by atoms with Crippen molar-refractivity contribution in [2.24, 2.45) is 5.41 Å². The first-order valence-electron chi connectivity index (χ1n) is 9.03. The quantitative estimate of drug-likeness (QED) is 0.796. The van der Waals surface area contributed by atoms with Crippen LogP contribution in [0.1, 0.15) is 36.0 Å². The standard InChI is InChI=1S/C18H26N2O5S/c21-14-18(6-9-25-10-7-18)13-19-17(22)15-4-3-5-16(12-15)20-8-1-2-11-26(20,23)24/h3-5,12,21H,1-2,6-11,13-14H2,(H,19,22). The minimum absolute atomic E-state index is 0.00268. The average molecular weight is 382 g/mol. The fourth-order valence-electron chi connectivity index (χ4n) is 3.45. The third kappa shape index (κ3) is 4.19. The van der Waals surface area contributed by atoms with Crippen LogP contribution in [0.3, 0.4) is 0 Å². The molecule has 2 saturated heterocycles. The van der Waals surface area contributed by atoms with Gasteiger partial charge in [0.1, 0.15) is 0 Å². The maximum atomic E-state index is 12.5. The summed E-state index contributed by atoms with van der Waals surface area (Å²) in [6.07, 6.45) is 2.90. The lowest BCUT2D eigenvalue weighted by atomic mass is 9.81. The zero-order valence-electron chi connectivity index (χ0n) is 14.8. The van der Waals surface area contributed by atoms with E-state index in [1.807, 2.05) is 0 Å². The van der Waals surface area contributed by atoms with Crippen molar-refractivity contribution < 1.29 is 23.1 Å². The van der Waals surface area contributed by atoms with E-state index in [-0.39, 0.29) is 23.7 Å². The molecule has 2 fully saturated rings. The minimum Gasteiger partial charge on any atom is -0.396 e. The molecule has 0 aliphatic carbocycles. The van der Waals surface area contributed by atoms with Crippen molar-refractivity contribution in [3.63, 3.8) is 0 Å². The van der Waals surface area contributed by atoms with Crippen LogP contribution >= 0.6 is 0 Å². The Bertz CT molecular complexity index is 744. The third-order valence-electron chi connectivity index (χ3n) is 5.26. The van der Waals surface area contributed by atoms with Gasteiger partial charge in [-0.3, -0.25) is 9.10 Å². The van der Waals surface area contributed by atoms with Crippen LogP contribution in [0.2, 0.25) is 0 Å². The first-order chi connectivity index (χ1) is 12.5. The lowest BCUT2D eigenvalue weighted by Crippen LogP contribution is -2.43. The van der Waals surface area contributed by atoms with E-state index in [2.05, 4.69) is 5.32 Å². The molecule has 2 heterocycles. The van der Waals surface area contributed by atoms with Gasteiger partial charge in [-0.15, -0.1) is 0 Å². The Labute approximate surface area is 154 Å². The number of carbonyl (C=O) groups is 1. The Balaban J connectivity index is 1.70. The zero-order chi connectivity index (χ0) is 18.6. The van der Waals surface area contributed by atoms with Gasteiger partial charge in [0.05, 0.1) is 18.0 Å². The fourth-order valence-corrected chi connectivity index (χ4v) is 5.08. The van der Waals surface area contributed by atoms with Crippen molar-refractivity contribution >= 4 is 21.6 Å². The molecule has 1 aromatic carbocycles. The molecule has 2 N–H and O–H groups in total. The smallest absolute Gasteiger partial charge is 0.251 e. The van der Waals surface area contributed by atoms with Crippen LogP contribution in [-0.2, 0) is 14.8 Å². The molecule has 0 bridgehead atoms. The van der Waals surface area contributed by atoms with Crippen molar-refractivity contribution in [3.05, 3.63) is 29.8 Å². The Morgan fingerprint density at radius 2 is 2.04 bits per heavy atom. The van der Waals surface area contributed by atoms with Gasteiger partial charge in [-0.2, -0.15) is 0 Å². The van der Waals surface area contributed by atoms with Crippen LogP contribution in [0.15, 0.2) is 24.3 Å². The minimum atomic E-state index is -3.31. The number of aliphatic hydroxyl groups is 1. The molecule has 3 rings (SSSR count). The van der Waals surface area contributed by atoms with E-state index in [0.29, 0.717) is 56.8 Å². The van der Waals surface area contributed by atoms with Gasteiger partial charge in [0.25, 0.3) is 5.91 Å². The number of rotatable bonds is 5. The van der Waals surface area contributed by atoms with E-state index >= 15 is 0 Å². The predicted octanol–water partition coefficient (Wildman–Crippen LogP) is 1.14. The number of amides is 1. The normalized spacial score (nSPS) is 22.0. The molecule has 0 saturated carbocycles. The SMILES string of the molecule is O=C(NCC1(CO)CCOCC1)c1cccc(N2CCCCS2(=O)=O)c1. The van der Waals surface area contributed by atoms with Crippen LogP contribution in [0.25, 0.3) is 0 Å². The van der Waals surface area contributed by atoms with Gasteiger partial charge in [-0.25, -0.2) is 8.42 Å². The number of nitrogens with one attached hydrogen (secondary N) is 1. The van der Waals surface area contributed by atoms with Gasteiger partial charge < -0.3 is 15.2 Å². The molecular formula is C18H26N2O5S. The number of hydrogen-bond acceptors (Lipinski definition) is 5. The molecule has 26 heavy (non-hydrogen) atoms. The zero-order valence-corrected chi connectivity index (χ0v) is 15.6. The number of hydrogen-bond donors (Lipinski definition) is 2. The molecule has 2 aliphatic rings. The number of sulfonamides is 1. The summed E-state index contributed by atoms with van der Waals surface area (Å²) in [5, 5.41) is 12.6. The van der Waals surface area contributed by atoms with Gasteiger partial charge in [0.2, 0.25) is 10.0 Å². The van der Waals surface area contributed by atoms with Crippen LogP contribution in [0.5, 0.6) is 0 Å². The Kier molecular flexibility index (Phi) is 5.84. The van der Waals surface area contributed by atoms with Gasteiger partial charge in [0, 0.05) is 37.3 Å². The summed E-state index contributed by atoms with van der Waals surface area (Å²) >= 11 is 0. The molecule has 0 radical (unpaired) electrons. The van der Waals surface area contributed by atoms with Gasteiger partial charge in [-0.05, 0) is 43.9 Å². The van der Waals surface area contributed by atoms with Crippen molar-refractivity contribution in [3.8, 4) is 0 Å². The number of benzene rings is 1. The van der Waals surface area contributed by atoms with Crippen LogP contribution < -0.4 is 9.62 Å². The molecule has 0 unspecified atom stereocenters. The highest BCUT2D eigenvalue weighted by molar-refractivity contribution is 7.92. The highest BCUT2D eigenvalue weighted by Crippen LogP contribution is 2.29. The highest BCUT2D eigenvalue weighted by Gasteiger charge is 2.32. The van der Waals surface area contributed by atoms with Gasteiger partial charge in [0.15, 0.2) is 0 Å². The molecule has 0 aromatic heterocycles. The summed E-state index contributed by atoms with van der Waals surface area (Å²) < 4.78 is 31.2. The van der Waals surface area contributed by atoms with Crippen LogP contribution in [0.4, 0.5) is 5.69 Å². The molecule has 7 nitrogen and oxygen atoms in total. The maximum Gasteiger partial charge on any atom is 0.251 e. The molecule has 0 spiro atoms. The van der Waals surface area contributed by atoms with Gasteiger partial charge >= 0.3 is 0 Å². The summed E-state index contributed by atoms with van der Waals surface area (Å²) in [5.74, 6) is -0.120. The maximum absolute atomic E-state index is 12.5. The van der Waals surface area contributed by atoms with Crippen molar-refractivity contribution in [1.29, 1.82) is 0 Å². The summed E-state index contributed by atoms with van der Waals surface area (Å²) in [6, 6.07) is 6.71. The molecule has 1 amide bonds. The molecule has 2 aliphatic heterocycles. The molecule has 0 atom stereocenters. The highest BCUT2D eigenvalue weighted by atomic mass is 32.2. The molecule has 8 heteroatoms. The summed E-state index contributed by atoms with van der Waals surface area (Å²) in [4.78, 5) is 12.5. The van der Waals surface area contributed by atoms with Gasteiger partial charge in [-0.1, -0.05) is 6.07 Å². The number of nitrogens with zero attached hydrogens (tertiary/aromatic N) is 1. The molecule has 144 valence electrons. The Morgan fingerprint density at radius 3 is 2.73 bits per heavy atom. The Morgan fingerprint density at radius 1 is 1.27 bits per heavy atom. The van der Waals surface area contributed by atoms with E-state index < -0.39 is 10.0 Å². The first kappa shape index (κ1) is 19.1. The van der Waals surface area contributed by atoms with Crippen LogP contribution in [-0.4, -0.2) is 58.1 Å². The largest absolute Gasteiger partial charge is 0.396 e. The van der Waals surface area contributed by atoms with E-state index in [1.54, 1.807) is 24.3 Å². The predicted molar refractivity (Wildman–Crippen MR) is 98.7 cm³/mol. The summed E-state index contributed by atoms with van der Waals surface area (Å²) in [6.45, 7) is 1.99. The van der Waals surface area contributed by atoms with Crippen LogP contribution in [0, 0.1) is 5.41 Å². The second-order valence-corrected chi connectivity index (χ2v) is 9.11. The second-order valence-electron chi connectivity index (χ2n) is 7.10. The van der Waals surface area contributed by atoms with Crippen molar-refractivity contribution in [2.45, 2.75) is 25.7 Å². The topological polar surface area (TPSA) is 95.9 Å². The lowest BCUT2D eigenvalue weighted by molar-refractivity contribution is -0.0146. The van der Waals surface area contributed by atoms with Crippen molar-refractivity contribution in [2.75, 3.05) is 43.0 Å². The third-order valence-corrected chi connectivity index (χ3v) is 7.13. The fraction of sp³-hybridized carbons (Fsp3) is 0.611. The monoisotopic (exact) mass is 382 g/mol. The van der Waals surface area contributed by atoms with Crippen molar-refractivity contribution in [1.82, 2.24) is 5.32 Å². The van der Waals surface area contributed by atoms with E-state index in [4.69, 9.17) is 4.74 Å². The lowest BCUT2D eigenvalue weighted by Gasteiger charge is -2.35. The first-order valence-corrected chi connectivity index (χ1v) is 10.6. The Hall–Kier alpha value is -1.64.